The minimum Gasteiger partial charge on any atom is -0.306 e. The summed E-state index contributed by atoms with van der Waals surface area (Å²) in [5.74, 6) is 0.422. The van der Waals surface area contributed by atoms with Crippen LogP contribution in [0.4, 0.5) is 5.82 Å². The van der Waals surface area contributed by atoms with Crippen LogP contribution in [0.2, 0.25) is 10.4 Å². The molecular formula is C14H13Cl2N3O. The maximum Gasteiger partial charge on any atom is 0.256 e. The number of nitrogens with zero attached hydrogens (tertiary/aromatic N) is 2. The summed E-state index contributed by atoms with van der Waals surface area (Å²) >= 11 is 11.4. The number of benzene rings is 1. The minimum atomic E-state index is -0.272. The van der Waals surface area contributed by atoms with Gasteiger partial charge in [-0.25, -0.2) is 9.97 Å². The van der Waals surface area contributed by atoms with E-state index in [4.69, 9.17) is 23.2 Å². The molecule has 0 atom stereocenters. The highest BCUT2D eigenvalue weighted by molar-refractivity contribution is 6.32. The molecule has 1 heterocycles. The van der Waals surface area contributed by atoms with E-state index in [2.05, 4.69) is 29.1 Å². The number of rotatable bonds is 3. The second kappa shape index (κ2) is 6.20. The topological polar surface area (TPSA) is 54.9 Å². The number of hydrogen-bond donors (Lipinski definition) is 1. The summed E-state index contributed by atoms with van der Waals surface area (Å²) in [6.07, 6.45) is 0. The third-order valence-corrected chi connectivity index (χ3v) is 3.11. The van der Waals surface area contributed by atoms with Gasteiger partial charge in [-0.2, -0.15) is 0 Å². The van der Waals surface area contributed by atoms with Crippen LogP contribution in [0.5, 0.6) is 0 Å². The van der Waals surface area contributed by atoms with Gasteiger partial charge in [-0.1, -0.05) is 37.6 Å². The Morgan fingerprint density at radius 1 is 1.15 bits per heavy atom. The van der Waals surface area contributed by atoms with Crippen molar-refractivity contribution in [1.82, 2.24) is 9.97 Å². The van der Waals surface area contributed by atoms with Crippen molar-refractivity contribution < 1.29 is 4.79 Å². The van der Waals surface area contributed by atoms with E-state index in [0.29, 0.717) is 11.5 Å². The Kier molecular flexibility index (Phi) is 4.57. The maximum absolute atomic E-state index is 12.1. The Hall–Kier alpha value is -1.65. The van der Waals surface area contributed by atoms with Crippen molar-refractivity contribution in [3.05, 3.63) is 51.9 Å². The summed E-state index contributed by atoms with van der Waals surface area (Å²) in [5.41, 5.74) is 1.72. The number of carbonyl (C=O) groups is 1. The van der Waals surface area contributed by atoms with E-state index in [1.54, 1.807) is 12.1 Å². The lowest BCUT2D eigenvalue weighted by Gasteiger charge is -2.07. The number of anilines is 1. The normalized spacial score (nSPS) is 10.7. The highest BCUT2D eigenvalue weighted by atomic mass is 35.5. The van der Waals surface area contributed by atoms with Crippen molar-refractivity contribution >= 4 is 34.9 Å². The summed E-state index contributed by atoms with van der Waals surface area (Å²) in [7, 11) is 0. The molecule has 6 heteroatoms. The first-order valence-electron chi connectivity index (χ1n) is 6.07. The molecule has 104 valence electrons. The van der Waals surface area contributed by atoms with Gasteiger partial charge in [-0.15, -0.1) is 0 Å². The lowest BCUT2D eigenvalue weighted by molar-refractivity contribution is 0.102. The van der Waals surface area contributed by atoms with Crippen LogP contribution < -0.4 is 5.32 Å². The number of hydrogen-bond acceptors (Lipinski definition) is 3. The minimum absolute atomic E-state index is 0.0112. The molecule has 0 saturated heterocycles. The van der Waals surface area contributed by atoms with Crippen LogP contribution in [0.15, 0.2) is 30.3 Å². The predicted octanol–water partition coefficient (Wildman–Crippen LogP) is 4.16. The fourth-order valence-electron chi connectivity index (χ4n) is 1.66. The van der Waals surface area contributed by atoms with Gasteiger partial charge in [0.05, 0.1) is 0 Å². The highest BCUT2D eigenvalue weighted by Crippen LogP contribution is 2.17. The number of aromatic nitrogens is 2. The second-order valence-electron chi connectivity index (χ2n) is 4.58. The Bertz CT molecular complexity index is 607. The van der Waals surface area contributed by atoms with Gasteiger partial charge in [0.15, 0.2) is 0 Å². The summed E-state index contributed by atoms with van der Waals surface area (Å²) in [6, 6.07) is 8.84. The Balaban J connectivity index is 2.15. The average molecular weight is 310 g/mol. The van der Waals surface area contributed by atoms with Crippen LogP contribution in [0, 0.1) is 0 Å². The van der Waals surface area contributed by atoms with E-state index in [0.717, 1.165) is 0 Å². The summed E-state index contributed by atoms with van der Waals surface area (Å²) in [5, 5.41) is 2.79. The van der Waals surface area contributed by atoms with Gasteiger partial charge < -0.3 is 5.32 Å². The Morgan fingerprint density at radius 2 is 1.80 bits per heavy atom. The van der Waals surface area contributed by atoms with E-state index >= 15 is 0 Å². The Labute approximate surface area is 127 Å². The highest BCUT2D eigenvalue weighted by Gasteiger charge is 2.09. The molecule has 1 N–H and O–H groups in total. The summed E-state index contributed by atoms with van der Waals surface area (Å²) in [4.78, 5) is 19.7. The quantitative estimate of drug-likeness (QED) is 0.684. The van der Waals surface area contributed by atoms with E-state index in [-0.39, 0.29) is 22.2 Å². The average Bonchev–Trinajstić information content (AvgIpc) is 2.37. The molecule has 0 saturated carbocycles. The Morgan fingerprint density at radius 3 is 2.35 bits per heavy atom. The SMILES string of the molecule is CC(C)c1ccc(C(=O)Nc2cc(Cl)nc(Cl)n2)cc1. The zero-order chi connectivity index (χ0) is 14.7. The first kappa shape index (κ1) is 14.8. The summed E-state index contributed by atoms with van der Waals surface area (Å²) < 4.78 is 0. The molecule has 0 aliphatic rings. The molecule has 0 spiro atoms. The van der Waals surface area contributed by atoms with Gasteiger partial charge in [-0.3, -0.25) is 4.79 Å². The lowest BCUT2D eigenvalue weighted by atomic mass is 10.0. The molecule has 0 radical (unpaired) electrons. The maximum atomic E-state index is 12.1. The van der Waals surface area contributed by atoms with E-state index in [1.165, 1.54) is 11.6 Å². The zero-order valence-electron chi connectivity index (χ0n) is 11.0. The molecule has 4 nitrogen and oxygen atoms in total. The van der Waals surface area contributed by atoms with Crippen LogP contribution in [0.25, 0.3) is 0 Å². The zero-order valence-corrected chi connectivity index (χ0v) is 12.5. The van der Waals surface area contributed by atoms with E-state index in [1.807, 2.05) is 12.1 Å². The number of carbonyl (C=O) groups excluding carboxylic acids is 1. The van der Waals surface area contributed by atoms with E-state index < -0.39 is 0 Å². The molecule has 0 aliphatic heterocycles. The van der Waals surface area contributed by atoms with Gasteiger partial charge in [0.25, 0.3) is 5.91 Å². The molecular weight excluding hydrogens is 297 g/mol. The van der Waals surface area contributed by atoms with Crippen molar-refractivity contribution in [2.45, 2.75) is 19.8 Å². The van der Waals surface area contributed by atoms with Crippen LogP contribution in [-0.2, 0) is 0 Å². The molecule has 20 heavy (non-hydrogen) atoms. The smallest absolute Gasteiger partial charge is 0.256 e. The van der Waals surface area contributed by atoms with Crippen molar-refractivity contribution in [2.24, 2.45) is 0 Å². The molecule has 1 aromatic heterocycles. The lowest BCUT2D eigenvalue weighted by Crippen LogP contribution is -2.13. The number of halogens is 2. The molecule has 1 amide bonds. The first-order valence-corrected chi connectivity index (χ1v) is 6.82. The van der Waals surface area contributed by atoms with Crippen molar-refractivity contribution in [3.8, 4) is 0 Å². The van der Waals surface area contributed by atoms with Crippen LogP contribution in [0.3, 0.4) is 0 Å². The molecule has 0 fully saturated rings. The third kappa shape index (κ3) is 3.68. The fourth-order valence-corrected chi connectivity index (χ4v) is 2.07. The van der Waals surface area contributed by atoms with Gasteiger partial charge >= 0.3 is 0 Å². The van der Waals surface area contributed by atoms with Gasteiger partial charge in [-0.05, 0) is 35.2 Å². The van der Waals surface area contributed by atoms with Gasteiger partial charge in [0.2, 0.25) is 5.28 Å². The largest absolute Gasteiger partial charge is 0.306 e. The standard InChI is InChI=1S/C14H13Cl2N3O/c1-8(2)9-3-5-10(6-4-9)13(20)18-12-7-11(15)17-14(16)19-12/h3-8H,1-2H3,(H,17,18,19,20). The number of amides is 1. The van der Waals surface area contributed by atoms with Crippen LogP contribution in [-0.4, -0.2) is 15.9 Å². The molecule has 0 unspecified atom stereocenters. The van der Waals surface area contributed by atoms with Gasteiger partial charge in [0.1, 0.15) is 11.0 Å². The fraction of sp³-hybridized carbons (Fsp3) is 0.214. The van der Waals surface area contributed by atoms with Crippen LogP contribution in [0.1, 0.15) is 35.7 Å². The summed E-state index contributed by atoms with van der Waals surface area (Å²) in [6.45, 7) is 4.19. The van der Waals surface area contributed by atoms with Crippen molar-refractivity contribution in [1.29, 1.82) is 0 Å². The predicted molar refractivity (Wildman–Crippen MR) is 80.5 cm³/mol. The third-order valence-electron chi connectivity index (χ3n) is 2.75. The second-order valence-corrected chi connectivity index (χ2v) is 5.30. The van der Waals surface area contributed by atoms with Gasteiger partial charge in [0, 0.05) is 11.6 Å². The molecule has 0 bridgehead atoms. The molecule has 2 rings (SSSR count). The molecule has 1 aromatic carbocycles. The number of nitrogens with one attached hydrogen (secondary N) is 1. The first-order chi connectivity index (χ1) is 9.45. The molecule has 0 aliphatic carbocycles. The van der Waals surface area contributed by atoms with Crippen LogP contribution >= 0.6 is 23.2 Å². The molecule has 2 aromatic rings. The van der Waals surface area contributed by atoms with Crippen molar-refractivity contribution in [3.63, 3.8) is 0 Å². The monoisotopic (exact) mass is 309 g/mol. The van der Waals surface area contributed by atoms with Crippen molar-refractivity contribution in [2.75, 3.05) is 5.32 Å². The van der Waals surface area contributed by atoms with E-state index in [9.17, 15) is 4.79 Å².